The molecule has 0 aromatic heterocycles. The molecule has 0 saturated heterocycles. The van der Waals surface area contributed by atoms with Crippen LogP contribution in [0.3, 0.4) is 0 Å². The lowest BCUT2D eigenvalue weighted by Gasteiger charge is -2.33. The molecule has 2 unspecified atom stereocenters. The molecule has 2 aromatic rings. The predicted octanol–water partition coefficient (Wildman–Crippen LogP) is 0.313. The first-order valence-corrected chi connectivity index (χ1v) is 6.74. The number of carbonyl (C=O) groups excluding carboxylic acids is 1. The molecule has 0 radical (unpaired) electrons. The molecule has 0 spiro atoms. The summed E-state index contributed by atoms with van der Waals surface area (Å²) in [6, 6.07) is 5.07. The van der Waals surface area contributed by atoms with Crippen molar-refractivity contribution in [1.82, 2.24) is 0 Å². The molecule has 0 aliphatic carbocycles. The van der Waals surface area contributed by atoms with E-state index in [9.17, 15) is 35.4 Å². The third kappa shape index (κ3) is 2.68. The SMILES string of the molecule is COc1cc(O)cc(O)c1C(O)(c1ccc(O)c(O)c1)C(O)C=O. The lowest BCUT2D eigenvalue weighted by atomic mass is 9.80. The van der Waals surface area contributed by atoms with Crippen LogP contribution in [0, 0.1) is 0 Å². The van der Waals surface area contributed by atoms with Gasteiger partial charge in [-0.3, -0.25) is 0 Å². The van der Waals surface area contributed by atoms with Crippen LogP contribution in [0.2, 0.25) is 0 Å². The highest BCUT2D eigenvalue weighted by atomic mass is 16.5. The fourth-order valence-corrected chi connectivity index (χ4v) is 2.45. The fraction of sp³-hybridized carbons (Fsp3) is 0.188. The minimum Gasteiger partial charge on any atom is -0.508 e. The summed E-state index contributed by atoms with van der Waals surface area (Å²) in [5.41, 5.74) is -3.11. The van der Waals surface area contributed by atoms with Crippen molar-refractivity contribution in [2.24, 2.45) is 0 Å². The number of hydrogen-bond acceptors (Lipinski definition) is 8. The Balaban J connectivity index is 2.83. The Hall–Kier alpha value is -2.97. The molecule has 0 heterocycles. The molecular formula is C16H16O8. The first-order valence-electron chi connectivity index (χ1n) is 6.74. The van der Waals surface area contributed by atoms with Gasteiger partial charge in [-0.2, -0.15) is 0 Å². The second kappa shape index (κ2) is 6.26. The number of phenols is 4. The van der Waals surface area contributed by atoms with E-state index in [0.717, 1.165) is 30.3 Å². The van der Waals surface area contributed by atoms with E-state index >= 15 is 0 Å². The Morgan fingerprint density at radius 2 is 1.71 bits per heavy atom. The van der Waals surface area contributed by atoms with E-state index in [1.54, 1.807) is 0 Å². The summed E-state index contributed by atoms with van der Waals surface area (Å²) in [5.74, 6) is -2.32. The fourth-order valence-electron chi connectivity index (χ4n) is 2.45. The molecule has 2 aromatic carbocycles. The number of aliphatic hydroxyl groups excluding tert-OH is 1. The highest BCUT2D eigenvalue weighted by molar-refractivity contribution is 5.66. The van der Waals surface area contributed by atoms with Crippen LogP contribution in [0.4, 0.5) is 0 Å². The summed E-state index contributed by atoms with van der Waals surface area (Å²) in [7, 11) is 1.19. The van der Waals surface area contributed by atoms with Gasteiger partial charge in [0.15, 0.2) is 23.4 Å². The van der Waals surface area contributed by atoms with E-state index in [1.165, 1.54) is 7.11 Å². The average Bonchev–Trinajstić information content (AvgIpc) is 2.55. The Morgan fingerprint density at radius 3 is 2.25 bits per heavy atom. The normalized spacial score (nSPS) is 14.6. The topological polar surface area (TPSA) is 148 Å². The zero-order valence-corrected chi connectivity index (χ0v) is 12.5. The quantitative estimate of drug-likeness (QED) is 0.338. The first kappa shape index (κ1) is 17.4. The molecule has 0 aliphatic heterocycles. The molecule has 2 atom stereocenters. The number of ether oxygens (including phenoxy) is 1. The predicted molar refractivity (Wildman–Crippen MR) is 81.2 cm³/mol. The number of benzene rings is 2. The van der Waals surface area contributed by atoms with Gasteiger partial charge in [-0.15, -0.1) is 0 Å². The van der Waals surface area contributed by atoms with Gasteiger partial charge in [-0.05, 0) is 17.7 Å². The maximum Gasteiger partial charge on any atom is 0.157 e. The number of phenolic OH excluding ortho intramolecular Hbond substituents is 4. The van der Waals surface area contributed by atoms with Gasteiger partial charge in [-0.1, -0.05) is 6.07 Å². The lowest BCUT2D eigenvalue weighted by molar-refractivity contribution is -0.127. The van der Waals surface area contributed by atoms with Crippen molar-refractivity contribution >= 4 is 6.29 Å². The molecule has 0 fully saturated rings. The number of aliphatic hydroxyl groups is 2. The van der Waals surface area contributed by atoms with Crippen LogP contribution in [0.25, 0.3) is 0 Å². The van der Waals surface area contributed by atoms with Crippen molar-refractivity contribution in [3.8, 4) is 28.7 Å². The monoisotopic (exact) mass is 336 g/mol. The van der Waals surface area contributed by atoms with Crippen molar-refractivity contribution < 1.29 is 40.2 Å². The molecule has 0 amide bonds. The van der Waals surface area contributed by atoms with Crippen molar-refractivity contribution in [1.29, 1.82) is 0 Å². The van der Waals surface area contributed by atoms with Gasteiger partial charge < -0.3 is 40.2 Å². The summed E-state index contributed by atoms with van der Waals surface area (Å²) < 4.78 is 5.00. The van der Waals surface area contributed by atoms with E-state index in [-0.39, 0.29) is 23.3 Å². The molecule has 8 nitrogen and oxygen atoms in total. The zero-order valence-electron chi connectivity index (χ0n) is 12.5. The van der Waals surface area contributed by atoms with Crippen molar-refractivity contribution in [2.75, 3.05) is 7.11 Å². The molecule has 2 rings (SSSR count). The van der Waals surface area contributed by atoms with Crippen LogP contribution in [0.15, 0.2) is 30.3 Å². The number of rotatable bonds is 5. The van der Waals surface area contributed by atoms with Crippen molar-refractivity contribution in [2.45, 2.75) is 11.7 Å². The average molecular weight is 336 g/mol. The van der Waals surface area contributed by atoms with Crippen LogP contribution in [0.1, 0.15) is 11.1 Å². The molecule has 0 saturated carbocycles. The van der Waals surface area contributed by atoms with Crippen LogP contribution < -0.4 is 4.74 Å². The third-order valence-electron chi connectivity index (χ3n) is 3.64. The van der Waals surface area contributed by atoms with Gasteiger partial charge in [-0.25, -0.2) is 0 Å². The summed E-state index contributed by atoms with van der Waals surface area (Å²) >= 11 is 0. The minimum atomic E-state index is -2.52. The Labute approximate surface area is 136 Å². The summed E-state index contributed by atoms with van der Waals surface area (Å²) in [4.78, 5) is 11.1. The molecule has 0 aliphatic rings. The van der Waals surface area contributed by atoms with E-state index in [0.29, 0.717) is 0 Å². The van der Waals surface area contributed by atoms with Gasteiger partial charge in [0, 0.05) is 12.1 Å². The summed E-state index contributed by atoms with van der Waals surface area (Å²) in [5, 5.41) is 59.8. The van der Waals surface area contributed by atoms with E-state index in [4.69, 9.17) is 4.74 Å². The number of aldehydes is 1. The summed E-state index contributed by atoms with van der Waals surface area (Å²) in [6.07, 6.45) is -2.01. The Morgan fingerprint density at radius 1 is 1.04 bits per heavy atom. The van der Waals surface area contributed by atoms with Gasteiger partial charge in [0.05, 0.1) is 12.7 Å². The minimum absolute atomic E-state index is 0.0373. The first-order chi connectivity index (χ1) is 11.2. The Kier molecular flexibility index (Phi) is 4.54. The van der Waals surface area contributed by atoms with Gasteiger partial charge in [0.2, 0.25) is 0 Å². The standard InChI is InChI=1S/C16H16O8/c1-24-13-6-9(18)5-12(21)15(13)16(23,14(22)7-17)8-2-3-10(19)11(20)4-8/h2-7,14,18-23H,1H3. The Bertz CT molecular complexity index is 773. The molecule has 6 N–H and O–H groups in total. The smallest absolute Gasteiger partial charge is 0.157 e. The van der Waals surface area contributed by atoms with Gasteiger partial charge in [0.1, 0.15) is 23.4 Å². The van der Waals surface area contributed by atoms with Crippen molar-refractivity contribution in [3.05, 3.63) is 41.5 Å². The highest BCUT2D eigenvalue weighted by Crippen LogP contribution is 2.46. The van der Waals surface area contributed by atoms with E-state index in [2.05, 4.69) is 0 Å². The van der Waals surface area contributed by atoms with E-state index < -0.39 is 34.5 Å². The zero-order chi connectivity index (χ0) is 18.1. The second-order valence-electron chi connectivity index (χ2n) is 5.09. The third-order valence-corrected chi connectivity index (χ3v) is 3.64. The summed E-state index contributed by atoms with van der Waals surface area (Å²) in [6.45, 7) is 0. The highest BCUT2D eigenvalue weighted by Gasteiger charge is 2.44. The molecule has 8 heteroatoms. The van der Waals surface area contributed by atoms with Gasteiger partial charge in [0.25, 0.3) is 0 Å². The number of methoxy groups -OCH3 is 1. The number of hydrogen-bond donors (Lipinski definition) is 6. The largest absolute Gasteiger partial charge is 0.508 e. The number of aromatic hydroxyl groups is 4. The molecule has 24 heavy (non-hydrogen) atoms. The van der Waals surface area contributed by atoms with Crippen LogP contribution in [-0.2, 0) is 10.4 Å². The molecule has 128 valence electrons. The van der Waals surface area contributed by atoms with Gasteiger partial charge >= 0.3 is 0 Å². The second-order valence-corrected chi connectivity index (χ2v) is 5.09. The lowest BCUT2D eigenvalue weighted by Crippen LogP contribution is -2.42. The number of carbonyl (C=O) groups is 1. The van der Waals surface area contributed by atoms with E-state index in [1.807, 2.05) is 0 Å². The van der Waals surface area contributed by atoms with Crippen LogP contribution in [-0.4, -0.2) is 50.1 Å². The maximum absolute atomic E-state index is 11.1. The van der Waals surface area contributed by atoms with Crippen molar-refractivity contribution in [3.63, 3.8) is 0 Å². The van der Waals surface area contributed by atoms with Crippen LogP contribution in [0.5, 0.6) is 28.7 Å². The molecule has 0 bridgehead atoms. The maximum atomic E-state index is 11.1. The van der Waals surface area contributed by atoms with Crippen LogP contribution >= 0.6 is 0 Å². The molecular weight excluding hydrogens is 320 g/mol.